The van der Waals surface area contributed by atoms with E-state index in [1.165, 1.54) is 12.8 Å². The van der Waals surface area contributed by atoms with Gasteiger partial charge in [0.1, 0.15) is 0 Å². The zero-order valence-corrected chi connectivity index (χ0v) is 5.35. The van der Waals surface area contributed by atoms with E-state index in [9.17, 15) is 0 Å². The minimum atomic E-state index is 0.931. The van der Waals surface area contributed by atoms with Gasteiger partial charge in [-0.05, 0) is 30.6 Å². The molecule has 0 unspecified atom stereocenters. The van der Waals surface area contributed by atoms with Gasteiger partial charge in [-0.1, -0.05) is 19.1 Å². The van der Waals surface area contributed by atoms with Crippen molar-refractivity contribution in [3.8, 4) is 0 Å². The van der Waals surface area contributed by atoms with Gasteiger partial charge in [0.25, 0.3) is 0 Å². The maximum Gasteiger partial charge on any atom is -0.0171 e. The van der Waals surface area contributed by atoms with Crippen LogP contribution in [0.25, 0.3) is 0 Å². The number of hydrogen-bond donors (Lipinski definition) is 0. The van der Waals surface area contributed by atoms with Crippen molar-refractivity contribution in [3.63, 3.8) is 0 Å². The number of allylic oxidation sites excluding steroid dienone is 1. The van der Waals surface area contributed by atoms with E-state index in [0.717, 1.165) is 17.8 Å². The first-order valence-corrected chi connectivity index (χ1v) is 3.49. The topological polar surface area (TPSA) is 0 Å². The van der Waals surface area contributed by atoms with Crippen LogP contribution in [0.15, 0.2) is 12.2 Å². The second kappa shape index (κ2) is 1.18. The summed E-state index contributed by atoms with van der Waals surface area (Å²) in [5.74, 6) is 2.85. The van der Waals surface area contributed by atoms with E-state index < -0.39 is 0 Å². The van der Waals surface area contributed by atoms with Gasteiger partial charge in [-0.15, -0.1) is 0 Å². The first-order chi connectivity index (χ1) is 3.80. The van der Waals surface area contributed by atoms with Crippen molar-refractivity contribution < 1.29 is 0 Å². The summed E-state index contributed by atoms with van der Waals surface area (Å²) in [4.78, 5) is 0. The Morgan fingerprint density at radius 1 is 1.38 bits per heavy atom. The molecule has 0 spiro atoms. The largest absolute Gasteiger partial charge is 0.0993 e. The normalized spacial score (nSPS) is 51.6. The van der Waals surface area contributed by atoms with Gasteiger partial charge in [-0.25, -0.2) is 0 Å². The molecule has 0 heteroatoms. The van der Waals surface area contributed by atoms with Gasteiger partial charge in [0.05, 0.1) is 0 Å². The van der Waals surface area contributed by atoms with E-state index in [1.807, 2.05) is 0 Å². The third-order valence-corrected chi connectivity index (χ3v) is 3.01. The van der Waals surface area contributed by atoms with Crippen molar-refractivity contribution in [2.75, 3.05) is 0 Å². The molecule has 2 atom stereocenters. The molecule has 3 aliphatic carbocycles. The van der Waals surface area contributed by atoms with Crippen LogP contribution in [0.2, 0.25) is 0 Å². The Balaban J connectivity index is 2.26. The highest BCUT2D eigenvalue weighted by atomic mass is 14.5. The lowest BCUT2D eigenvalue weighted by Gasteiger charge is -2.35. The molecule has 44 valence electrons. The van der Waals surface area contributed by atoms with Crippen LogP contribution in [0.5, 0.6) is 0 Å². The monoisotopic (exact) mass is 108 g/mol. The predicted molar refractivity (Wildman–Crippen MR) is 34.5 cm³/mol. The molecule has 3 rings (SSSR count). The van der Waals surface area contributed by atoms with Crippen molar-refractivity contribution in [1.29, 1.82) is 0 Å². The van der Waals surface area contributed by atoms with Crippen molar-refractivity contribution in [3.05, 3.63) is 12.2 Å². The van der Waals surface area contributed by atoms with E-state index in [1.54, 1.807) is 5.57 Å². The average molecular weight is 108 g/mol. The smallest absolute Gasteiger partial charge is 0.0171 e. The van der Waals surface area contributed by atoms with Crippen LogP contribution in [0, 0.1) is 17.8 Å². The fourth-order valence-electron chi connectivity index (χ4n) is 2.37. The highest BCUT2D eigenvalue weighted by molar-refractivity contribution is 5.24. The second-order valence-corrected chi connectivity index (χ2v) is 3.22. The molecule has 3 saturated carbocycles. The van der Waals surface area contributed by atoms with Gasteiger partial charge >= 0.3 is 0 Å². The van der Waals surface area contributed by atoms with E-state index in [-0.39, 0.29) is 0 Å². The Labute approximate surface area is 50.6 Å². The summed E-state index contributed by atoms with van der Waals surface area (Å²) < 4.78 is 0. The fourth-order valence-corrected chi connectivity index (χ4v) is 2.37. The molecule has 3 aliphatic rings. The van der Waals surface area contributed by atoms with E-state index in [4.69, 9.17) is 0 Å². The third-order valence-electron chi connectivity index (χ3n) is 3.01. The molecule has 2 bridgehead atoms. The molecule has 3 fully saturated rings. The first kappa shape index (κ1) is 4.60. The highest BCUT2D eigenvalue weighted by Gasteiger charge is 2.46. The Bertz CT molecular complexity index is 121. The SMILES string of the molecule is C=C1[C@H]2CC[C@H]1C2C. The summed E-state index contributed by atoms with van der Waals surface area (Å²) in [7, 11) is 0. The molecular weight excluding hydrogens is 96.1 g/mol. The Morgan fingerprint density at radius 3 is 2.00 bits per heavy atom. The summed E-state index contributed by atoms with van der Waals surface area (Å²) >= 11 is 0. The Morgan fingerprint density at radius 2 is 1.88 bits per heavy atom. The second-order valence-electron chi connectivity index (χ2n) is 3.22. The minimum Gasteiger partial charge on any atom is -0.0993 e. The highest BCUT2D eigenvalue weighted by Crippen LogP contribution is 2.56. The van der Waals surface area contributed by atoms with Crippen LogP contribution in [0.3, 0.4) is 0 Å². The number of fused-ring (bicyclic) bond motifs is 1. The molecule has 0 amide bonds. The molecule has 0 saturated heterocycles. The van der Waals surface area contributed by atoms with Crippen LogP contribution in [-0.4, -0.2) is 0 Å². The molecule has 0 aromatic carbocycles. The first-order valence-electron chi connectivity index (χ1n) is 3.49. The average Bonchev–Trinajstić information content (AvgIpc) is 2.26. The minimum absolute atomic E-state index is 0.931. The fraction of sp³-hybridized carbons (Fsp3) is 0.750. The van der Waals surface area contributed by atoms with Gasteiger partial charge < -0.3 is 0 Å². The summed E-state index contributed by atoms with van der Waals surface area (Å²) in [6, 6.07) is 0. The molecule has 0 radical (unpaired) electrons. The predicted octanol–water partition coefficient (Wildman–Crippen LogP) is 2.22. The van der Waals surface area contributed by atoms with Gasteiger partial charge in [0, 0.05) is 0 Å². The molecule has 0 aromatic heterocycles. The van der Waals surface area contributed by atoms with Crippen LogP contribution in [-0.2, 0) is 0 Å². The van der Waals surface area contributed by atoms with Crippen molar-refractivity contribution in [2.24, 2.45) is 17.8 Å². The molecule has 0 heterocycles. The van der Waals surface area contributed by atoms with Gasteiger partial charge in [0.15, 0.2) is 0 Å². The summed E-state index contributed by atoms with van der Waals surface area (Å²) in [6.45, 7) is 6.39. The van der Waals surface area contributed by atoms with Gasteiger partial charge in [-0.3, -0.25) is 0 Å². The molecule has 8 heavy (non-hydrogen) atoms. The maximum atomic E-state index is 4.04. The molecular formula is C8H12. The lowest BCUT2D eigenvalue weighted by molar-refractivity contribution is 0.290. The molecule has 0 aliphatic heterocycles. The zero-order valence-electron chi connectivity index (χ0n) is 5.35. The summed E-state index contributed by atoms with van der Waals surface area (Å²) in [5, 5.41) is 0. The molecule has 0 nitrogen and oxygen atoms in total. The number of hydrogen-bond acceptors (Lipinski definition) is 0. The van der Waals surface area contributed by atoms with E-state index >= 15 is 0 Å². The molecule has 0 aromatic rings. The van der Waals surface area contributed by atoms with Gasteiger partial charge in [0.2, 0.25) is 0 Å². The van der Waals surface area contributed by atoms with Crippen LogP contribution in [0.1, 0.15) is 19.8 Å². The van der Waals surface area contributed by atoms with Crippen molar-refractivity contribution in [1.82, 2.24) is 0 Å². The quantitative estimate of drug-likeness (QED) is 0.417. The van der Waals surface area contributed by atoms with E-state index in [0.29, 0.717) is 0 Å². The van der Waals surface area contributed by atoms with Crippen LogP contribution >= 0.6 is 0 Å². The lowest BCUT2D eigenvalue weighted by Crippen LogP contribution is -2.27. The standard InChI is InChI=1S/C8H12/c1-5-7-3-4-8(5)6(7)2/h6-8H,1,3-4H2,2H3/t7-,8-/m1/s1. The van der Waals surface area contributed by atoms with Crippen LogP contribution in [0.4, 0.5) is 0 Å². The summed E-state index contributed by atoms with van der Waals surface area (Å²) in [6.07, 6.45) is 2.87. The maximum absolute atomic E-state index is 4.04. The van der Waals surface area contributed by atoms with Crippen molar-refractivity contribution in [2.45, 2.75) is 19.8 Å². The third kappa shape index (κ3) is 0.300. The van der Waals surface area contributed by atoms with Crippen molar-refractivity contribution >= 4 is 0 Å². The Hall–Kier alpha value is -0.260. The van der Waals surface area contributed by atoms with Crippen LogP contribution < -0.4 is 0 Å². The summed E-state index contributed by atoms with van der Waals surface area (Å²) in [5.41, 5.74) is 1.55. The number of rotatable bonds is 0. The van der Waals surface area contributed by atoms with E-state index in [2.05, 4.69) is 13.5 Å². The van der Waals surface area contributed by atoms with Gasteiger partial charge in [-0.2, -0.15) is 0 Å². The Kier molecular flexibility index (Phi) is 0.677. The molecule has 0 N–H and O–H groups in total. The lowest BCUT2D eigenvalue weighted by atomic mass is 9.70. The zero-order chi connectivity index (χ0) is 5.72.